The summed E-state index contributed by atoms with van der Waals surface area (Å²) in [7, 11) is -3.21. The molecule has 1 rings (SSSR count). The molecule has 0 aliphatic carbocycles. The summed E-state index contributed by atoms with van der Waals surface area (Å²) in [6.07, 6.45) is 3.32. The second-order valence-corrected chi connectivity index (χ2v) is 6.19. The highest BCUT2D eigenvalue weighted by Crippen LogP contribution is 2.03. The van der Waals surface area contributed by atoms with Crippen molar-refractivity contribution >= 4 is 15.9 Å². The number of rotatable bonds is 7. The molecule has 0 spiro atoms. The Labute approximate surface area is 113 Å². The zero-order valence-corrected chi connectivity index (χ0v) is 12.0. The van der Waals surface area contributed by atoms with Crippen LogP contribution in [-0.2, 0) is 21.4 Å². The Bertz CT molecular complexity index is 502. The zero-order valence-electron chi connectivity index (χ0n) is 11.2. The van der Waals surface area contributed by atoms with Crippen LogP contribution in [0.15, 0.2) is 24.5 Å². The number of nitrogens with one attached hydrogen (secondary N) is 1. The first-order valence-electron chi connectivity index (χ1n) is 6.06. The second-order valence-electron chi connectivity index (χ2n) is 4.09. The van der Waals surface area contributed by atoms with Crippen LogP contribution in [0.4, 0.5) is 0 Å². The van der Waals surface area contributed by atoms with Crippen molar-refractivity contribution in [2.24, 2.45) is 0 Å². The highest BCUT2D eigenvalue weighted by atomic mass is 32.2. The maximum absolute atomic E-state index is 11.5. The molecule has 0 atom stereocenters. The van der Waals surface area contributed by atoms with Gasteiger partial charge >= 0.3 is 0 Å². The molecule has 1 amide bonds. The van der Waals surface area contributed by atoms with E-state index in [2.05, 4.69) is 9.71 Å². The van der Waals surface area contributed by atoms with Gasteiger partial charge in [-0.15, -0.1) is 0 Å². The van der Waals surface area contributed by atoms with Gasteiger partial charge in [0, 0.05) is 39.0 Å². The molecule has 1 aromatic heterocycles. The number of nitrogens with zero attached hydrogens (tertiary/aromatic N) is 2. The minimum Gasteiger partial charge on any atom is -0.337 e. The zero-order chi connectivity index (χ0) is 14.3. The van der Waals surface area contributed by atoms with E-state index in [1.807, 2.05) is 12.1 Å². The van der Waals surface area contributed by atoms with Gasteiger partial charge in [0.25, 0.3) is 0 Å². The molecule has 6 nitrogen and oxygen atoms in total. The number of sulfonamides is 1. The van der Waals surface area contributed by atoms with Gasteiger partial charge in [-0.25, -0.2) is 13.1 Å². The predicted molar refractivity (Wildman–Crippen MR) is 72.8 cm³/mol. The van der Waals surface area contributed by atoms with Crippen molar-refractivity contribution in [1.29, 1.82) is 0 Å². The van der Waals surface area contributed by atoms with E-state index in [0.29, 0.717) is 13.1 Å². The van der Waals surface area contributed by atoms with Gasteiger partial charge in [-0.2, -0.15) is 0 Å². The van der Waals surface area contributed by atoms with Crippen molar-refractivity contribution in [1.82, 2.24) is 14.6 Å². The van der Waals surface area contributed by atoms with E-state index in [1.54, 1.807) is 24.2 Å². The number of aromatic nitrogens is 1. The molecule has 0 bridgehead atoms. The summed E-state index contributed by atoms with van der Waals surface area (Å²) in [4.78, 5) is 17.0. The molecule has 0 fully saturated rings. The second kappa shape index (κ2) is 7.20. The lowest BCUT2D eigenvalue weighted by Gasteiger charge is -2.21. The van der Waals surface area contributed by atoms with Crippen LogP contribution < -0.4 is 4.72 Å². The summed E-state index contributed by atoms with van der Waals surface area (Å²) >= 11 is 0. The van der Waals surface area contributed by atoms with Gasteiger partial charge in [0.1, 0.15) is 0 Å². The monoisotopic (exact) mass is 285 g/mol. The van der Waals surface area contributed by atoms with Gasteiger partial charge in [0.05, 0.1) is 5.75 Å². The maximum atomic E-state index is 11.5. The Balaban J connectivity index is 2.53. The Morgan fingerprint density at radius 1 is 1.37 bits per heavy atom. The van der Waals surface area contributed by atoms with E-state index in [9.17, 15) is 13.2 Å². The minimum atomic E-state index is -3.21. The summed E-state index contributed by atoms with van der Waals surface area (Å²) in [5.41, 5.74) is 0.962. The Hall–Kier alpha value is -1.47. The standard InChI is InChI=1S/C12H19N3O3S/c1-3-19(17,18)14-8-9-15(11(2)16)10-12-4-6-13-7-5-12/h4-7,14H,3,8-10H2,1-2H3. The molecule has 1 heterocycles. The molecule has 1 aromatic rings. The first kappa shape index (κ1) is 15.6. The number of pyridine rings is 1. The summed E-state index contributed by atoms with van der Waals surface area (Å²) in [5.74, 6) is -0.0512. The van der Waals surface area contributed by atoms with E-state index in [4.69, 9.17) is 0 Å². The normalized spacial score (nSPS) is 11.3. The molecule has 7 heteroatoms. The molecule has 0 radical (unpaired) electrons. The third-order valence-corrected chi connectivity index (χ3v) is 4.06. The number of hydrogen-bond donors (Lipinski definition) is 1. The largest absolute Gasteiger partial charge is 0.337 e. The van der Waals surface area contributed by atoms with Gasteiger partial charge < -0.3 is 4.90 Å². The topological polar surface area (TPSA) is 79.4 Å². The average Bonchev–Trinajstić information content (AvgIpc) is 2.38. The van der Waals surface area contributed by atoms with Crippen LogP contribution in [0.25, 0.3) is 0 Å². The van der Waals surface area contributed by atoms with E-state index >= 15 is 0 Å². The van der Waals surface area contributed by atoms with Crippen molar-refractivity contribution in [3.63, 3.8) is 0 Å². The summed E-state index contributed by atoms with van der Waals surface area (Å²) in [6, 6.07) is 3.65. The quantitative estimate of drug-likeness (QED) is 0.785. The van der Waals surface area contributed by atoms with E-state index in [0.717, 1.165) is 5.56 Å². The Kier molecular flexibility index (Phi) is 5.91. The van der Waals surface area contributed by atoms with Crippen LogP contribution >= 0.6 is 0 Å². The molecule has 0 saturated heterocycles. The average molecular weight is 285 g/mol. The summed E-state index contributed by atoms with van der Waals surface area (Å²) in [6.45, 7) is 4.06. The third kappa shape index (κ3) is 5.80. The number of carbonyl (C=O) groups is 1. The van der Waals surface area contributed by atoms with Crippen LogP contribution in [0.3, 0.4) is 0 Å². The molecule has 0 aromatic carbocycles. The lowest BCUT2D eigenvalue weighted by molar-refractivity contribution is -0.129. The summed E-state index contributed by atoms with van der Waals surface area (Å²) in [5, 5.41) is 0. The van der Waals surface area contributed by atoms with Crippen LogP contribution in [0.2, 0.25) is 0 Å². The number of hydrogen-bond acceptors (Lipinski definition) is 4. The first-order valence-corrected chi connectivity index (χ1v) is 7.71. The first-order chi connectivity index (χ1) is 8.94. The molecular weight excluding hydrogens is 266 g/mol. The molecule has 106 valence electrons. The SMILES string of the molecule is CCS(=O)(=O)NCCN(Cc1ccncc1)C(C)=O. The predicted octanol–water partition coefficient (Wildman–Crippen LogP) is 0.369. The van der Waals surface area contributed by atoms with Gasteiger partial charge in [0.2, 0.25) is 15.9 Å². The van der Waals surface area contributed by atoms with Crippen LogP contribution in [0.5, 0.6) is 0 Å². The molecule has 1 N–H and O–H groups in total. The lowest BCUT2D eigenvalue weighted by atomic mass is 10.2. The summed E-state index contributed by atoms with van der Waals surface area (Å²) < 4.78 is 25.0. The molecule has 0 unspecified atom stereocenters. The van der Waals surface area contributed by atoms with Crippen LogP contribution in [0.1, 0.15) is 19.4 Å². The highest BCUT2D eigenvalue weighted by Gasteiger charge is 2.11. The lowest BCUT2D eigenvalue weighted by Crippen LogP contribution is -2.37. The van der Waals surface area contributed by atoms with Crippen LogP contribution in [0, 0.1) is 0 Å². The van der Waals surface area contributed by atoms with Crippen molar-refractivity contribution < 1.29 is 13.2 Å². The smallest absolute Gasteiger partial charge is 0.219 e. The molecular formula is C12H19N3O3S. The molecule has 0 aliphatic rings. The van der Waals surface area contributed by atoms with Gasteiger partial charge in [-0.3, -0.25) is 9.78 Å². The van der Waals surface area contributed by atoms with Gasteiger partial charge in [-0.05, 0) is 24.6 Å². The highest BCUT2D eigenvalue weighted by molar-refractivity contribution is 7.89. The third-order valence-electron chi connectivity index (χ3n) is 2.65. The molecule has 19 heavy (non-hydrogen) atoms. The van der Waals surface area contributed by atoms with Gasteiger partial charge in [0.15, 0.2) is 0 Å². The van der Waals surface area contributed by atoms with E-state index < -0.39 is 10.0 Å². The fourth-order valence-corrected chi connectivity index (χ4v) is 2.10. The van der Waals surface area contributed by atoms with Crippen molar-refractivity contribution in [3.8, 4) is 0 Å². The Morgan fingerprint density at radius 3 is 2.53 bits per heavy atom. The molecule has 0 saturated carbocycles. The maximum Gasteiger partial charge on any atom is 0.219 e. The number of amides is 1. The van der Waals surface area contributed by atoms with Crippen molar-refractivity contribution in [2.45, 2.75) is 20.4 Å². The van der Waals surface area contributed by atoms with Crippen molar-refractivity contribution in [2.75, 3.05) is 18.8 Å². The minimum absolute atomic E-state index is 0.0391. The fraction of sp³-hybridized carbons (Fsp3) is 0.500. The Morgan fingerprint density at radius 2 is 2.00 bits per heavy atom. The number of carbonyl (C=O) groups excluding carboxylic acids is 1. The van der Waals surface area contributed by atoms with Crippen LogP contribution in [-0.4, -0.2) is 43.1 Å². The van der Waals surface area contributed by atoms with E-state index in [1.165, 1.54) is 6.92 Å². The van der Waals surface area contributed by atoms with E-state index in [-0.39, 0.29) is 18.2 Å². The van der Waals surface area contributed by atoms with Crippen molar-refractivity contribution in [3.05, 3.63) is 30.1 Å². The molecule has 0 aliphatic heterocycles. The van der Waals surface area contributed by atoms with Gasteiger partial charge in [-0.1, -0.05) is 0 Å². The fourth-order valence-electron chi connectivity index (χ4n) is 1.49.